The van der Waals surface area contributed by atoms with Crippen molar-refractivity contribution in [2.75, 3.05) is 18.5 Å². The van der Waals surface area contributed by atoms with E-state index in [4.69, 9.17) is 4.74 Å². The van der Waals surface area contributed by atoms with Crippen molar-refractivity contribution in [2.24, 2.45) is 0 Å². The van der Waals surface area contributed by atoms with Gasteiger partial charge in [0.25, 0.3) is 0 Å². The van der Waals surface area contributed by atoms with Gasteiger partial charge in [0.05, 0.1) is 6.61 Å². The number of halogens is 3. The largest absolute Gasteiger partial charge is 0.411 e. The Hall–Kier alpha value is -1.31. The van der Waals surface area contributed by atoms with E-state index in [0.29, 0.717) is 19.0 Å². The molecule has 5 nitrogen and oxygen atoms in total. The van der Waals surface area contributed by atoms with Crippen LogP contribution in [0.3, 0.4) is 0 Å². The highest BCUT2D eigenvalue weighted by molar-refractivity contribution is 5.31. The van der Waals surface area contributed by atoms with Gasteiger partial charge in [0.2, 0.25) is 5.95 Å². The Kier molecular flexibility index (Phi) is 2.92. The number of nitrogens with one attached hydrogen (secondary N) is 1. The van der Waals surface area contributed by atoms with E-state index >= 15 is 0 Å². The molecule has 3 unspecified atom stereocenters. The molecule has 1 aromatic heterocycles. The summed E-state index contributed by atoms with van der Waals surface area (Å²) in [6, 6.07) is -1.86. The highest BCUT2D eigenvalue weighted by Crippen LogP contribution is 2.39. The standard InChI is InChI=1S/C11H15F3N4O/c1-6-4-8(11(12,13)14)18-10(15-6)16-9(17-18)7-2-3-19-5-7/h6-8H,2-5H2,1H3,(H,15,16,17). The van der Waals surface area contributed by atoms with Gasteiger partial charge < -0.3 is 10.1 Å². The summed E-state index contributed by atoms with van der Waals surface area (Å²) in [6.07, 6.45) is -3.57. The molecule has 1 N–H and O–H groups in total. The van der Waals surface area contributed by atoms with Gasteiger partial charge in [0, 0.05) is 18.6 Å². The van der Waals surface area contributed by atoms with Crippen molar-refractivity contribution >= 4 is 5.95 Å². The molecule has 0 spiro atoms. The van der Waals surface area contributed by atoms with E-state index in [9.17, 15) is 13.2 Å². The third kappa shape index (κ3) is 2.29. The van der Waals surface area contributed by atoms with Crippen molar-refractivity contribution in [1.82, 2.24) is 14.8 Å². The summed E-state index contributed by atoms with van der Waals surface area (Å²) in [7, 11) is 0. The van der Waals surface area contributed by atoms with Crippen LogP contribution in [-0.2, 0) is 4.74 Å². The number of hydrogen-bond acceptors (Lipinski definition) is 4. The first-order valence-corrected chi connectivity index (χ1v) is 6.32. The molecule has 0 amide bonds. The lowest BCUT2D eigenvalue weighted by Crippen LogP contribution is -2.38. The predicted molar refractivity (Wildman–Crippen MR) is 61.0 cm³/mol. The van der Waals surface area contributed by atoms with Gasteiger partial charge in [0.1, 0.15) is 0 Å². The molecule has 2 aliphatic rings. The van der Waals surface area contributed by atoms with Gasteiger partial charge in [-0.3, -0.25) is 0 Å². The summed E-state index contributed by atoms with van der Waals surface area (Å²) in [5, 5.41) is 7.01. The fourth-order valence-electron chi connectivity index (χ4n) is 2.55. The van der Waals surface area contributed by atoms with Crippen molar-refractivity contribution in [1.29, 1.82) is 0 Å². The predicted octanol–water partition coefficient (Wildman–Crippen LogP) is 2.09. The number of hydrogen-bond donors (Lipinski definition) is 1. The number of aromatic nitrogens is 3. The SMILES string of the molecule is CC1CC(C(F)(F)F)n2nc(C3CCOC3)nc2N1. The Bertz CT molecular complexity index is 467. The van der Waals surface area contributed by atoms with E-state index in [1.165, 1.54) is 0 Å². The first-order chi connectivity index (χ1) is 8.95. The fraction of sp³-hybridized carbons (Fsp3) is 0.818. The van der Waals surface area contributed by atoms with Crippen LogP contribution in [-0.4, -0.2) is 40.2 Å². The third-order valence-electron chi connectivity index (χ3n) is 3.57. The number of fused-ring (bicyclic) bond motifs is 1. The fourth-order valence-corrected chi connectivity index (χ4v) is 2.55. The minimum absolute atomic E-state index is 0.00379. The average Bonchev–Trinajstić information content (AvgIpc) is 2.93. The number of alkyl halides is 3. The van der Waals surface area contributed by atoms with E-state index in [1.54, 1.807) is 6.92 Å². The average molecular weight is 276 g/mol. The highest BCUT2D eigenvalue weighted by Gasteiger charge is 2.46. The minimum atomic E-state index is -4.30. The van der Waals surface area contributed by atoms with Crippen LogP contribution in [0.5, 0.6) is 0 Å². The number of anilines is 1. The van der Waals surface area contributed by atoms with Crippen LogP contribution in [0.4, 0.5) is 19.1 Å². The number of ether oxygens (including phenoxy) is 1. The van der Waals surface area contributed by atoms with Gasteiger partial charge >= 0.3 is 6.18 Å². The van der Waals surface area contributed by atoms with E-state index < -0.39 is 12.2 Å². The maximum absolute atomic E-state index is 13.0. The third-order valence-corrected chi connectivity index (χ3v) is 3.57. The van der Waals surface area contributed by atoms with Crippen LogP contribution in [0.1, 0.15) is 37.5 Å². The van der Waals surface area contributed by atoms with Crippen molar-refractivity contribution < 1.29 is 17.9 Å². The van der Waals surface area contributed by atoms with Crippen molar-refractivity contribution in [3.63, 3.8) is 0 Å². The Morgan fingerprint density at radius 1 is 1.42 bits per heavy atom. The summed E-state index contributed by atoms with van der Waals surface area (Å²) < 4.78 is 45.3. The van der Waals surface area contributed by atoms with Gasteiger partial charge in [-0.05, 0) is 19.8 Å². The topological polar surface area (TPSA) is 52.0 Å². The van der Waals surface area contributed by atoms with Gasteiger partial charge in [0.15, 0.2) is 11.9 Å². The zero-order chi connectivity index (χ0) is 13.6. The second-order valence-electron chi connectivity index (χ2n) is 5.14. The summed E-state index contributed by atoms with van der Waals surface area (Å²) >= 11 is 0. The van der Waals surface area contributed by atoms with Gasteiger partial charge in [-0.1, -0.05) is 0 Å². The number of nitrogens with zero attached hydrogens (tertiary/aromatic N) is 3. The van der Waals surface area contributed by atoms with Crippen LogP contribution in [0.2, 0.25) is 0 Å². The molecule has 0 radical (unpaired) electrons. The molecule has 0 aliphatic carbocycles. The smallest absolute Gasteiger partial charge is 0.381 e. The molecule has 3 atom stereocenters. The van der Waals surface area contributed by atoms with Crippen LogP contribution in [0, 0.1) is 0 Å². The van der Waals surface area contributed by atoms with Crippen LogP contribution in [0.25, 0.3) is 0 Å². The lowest BCUT2D eigenvalue weighted by Gasteiger charge is -2.30. The molecule has 106 valence electrons. The molecule has 2 aliphatic heterocycles. The molecule has 1 aromatic rings. The first-order valence-electron chi connectivity index (χ1n) is 6.32. The highest BCUT2D eigenvalue weighted by atomic mass is 19.4. The molecule has 0 aromatic carbocycles. The lowest BCUT2D eigenvalue weighted by molar-refractivity contribution is -0.173. The van der Waals surface area contributed by atoms with E-state index in [0.717, 1.165) is 11.1 Å². The first kappa shape index (κ1) is 12.7. The number of rotatable bonds is 1. The summed E-state index contributed by atoms with van der Waals surface area (Å²) in [5.41, 5.74) is 0. The van der Waals surface area contributed by atoms with Crippen molar-refractivity contribution in [2.45, 2.75) is 43.9 Å². The van der Waals surface area contributed by atoms with Gasteiger partial charge in [-0.2, -0.15) is 23.3 Å². The maximum atomic E-state index is 13.0. The molecule has 1 saturated heterocycles. The minimum Gasteiger partial charge on any atom is -0.381 e. The molecule has 3 heterocycles. The zero-order valence-electron chi connectivity index (χ0n) is 10.4. The summed E-state index contributed by atoms with van der Waals surface area (Å²) in [6.45, 7) is 2.81. The molecule has 0 bridgehead atoms. The Labute approximate surface area is 108 Å². The second kappa shape index (κ2) is 4.36. The monoisotopic (exact) mass is 276 g/mol. The second-order valence-corrected chi connectivity index (χ2v) is 5.14. The zero-order valence-corrected chi connectivity index (χ0v) is 10.4. The lowest BCUT2D eigenvalue weighted by atomic mass is 10.1. The van der Waals surface area contributed by atoms with Crippen LogP contribution in [0.15, 0.2) is 0 Å². The molecule has 0 saturated carbocycles. The van der Waals surface area contributed by atoms with Crippen molar-refractivity contribution in [3.05, 3.63) is 5.82 Å². The molecule has 3 rings (SSSR count). The Morgan fingerprint density at radius 2 is 2.21 bits per heavy atom. The van der Waals surface area contributed by atoms with Gasteiger partial charge in [-0.15, -0.1) is 0 Å². The van der Waals surface area contributed by atoms with Crippen molar-refractivity contribution in [3.8, 4) is 0 Å². The molecular weight excluding hydrogens is 261 g/mol. The molecular formula is C11H15F3N4O. The van der Waals surface area contributed by atoms with E-state index in [2.05, 4.69) is 15.4 Å². The normalized spacial score (nSPS) is 31.1. The quantitative estimate of drug-likeness (QED) is 0.853. The van der Waals surface area contributed by atoms with E-state index in [1.807, 2.05) is 0 Å². The van der Waals surface area contributed by atoms with Gasteiger partial charge in [-0.25, -0.2) is 4.68 Å². The molecule has 1 fully saturated rings. The molecule has 8 heteroatoms. The van der Waals surface area contributed by atoms with Crippen LogP contribution < -0.4 is 5.32 Å². The summed E-state index contributed by atoms with van der Waals surface area (Å²) in [5.74, 6) is 0.662. The Morgan fingerprint density at radius 3 is 2.84 bits per heavy atom. The van der Waals surface area contributed by atoms with E-state index in [-0.39, 0.29) is 24.3 Å². The maximum Gasteiger partial charge on any atom is 0.411 e. The summed E-state index contributed by atoms with van der Waals surface area (Å²) in [4.78, 5) is 4.21. The van der Waals surface area contributed by atoms with Crippen LogP contribution >= 0.6 is 0 Å². The Balaban J connectivity index is 1.94. The molecule has 19 heavy (non-hydrogen) atoms.